The van der Waals surface area contributed by atoms with E-state index in [0.717, 1.165) is 5.56 Å². The molecule has 0 fully saturated rings. The maximum absolute atomic E-state index is 11.7. The van der Waals surface area contributed by atoms with Crippen molar-refractivity contribution < 1.29 is 14.3 Å². The van der Waals surface area contributed by atoms with Crippen molar-refractivity contribution in [2.75, 3.05) is 6.54 Å². The third-order valence-corrected chi connectivity index (χ3v) is 2.77. The molecule has 2 aromatic rings. The van der Waals surface area contributed by atoms with Gasteiger partial charge in [0.25, 0.3) is 0 Å². The highest BCUT2D eigenvalue weighted by molar-refractivity contribution is 5.78. The number of amides is 1. The topological polar surface area (TPSA) is 75.4 Å². The van der Waals surface area contributed by atoms with Crippen molar-refractivity contribution in [2.24, 2.45) is 0 Å². The van der Waals surface area contributed by atoms with Crippen LogP contribution in [0, 0.1) is 0 Å². The molecule has 19 heavy (non-hydrogen) atoms. The molecule has 0 aliphatic rings. The lowest BCUT2D eigenvalue weighted by molar-refractivity contribution is -0.121. The van der Waals surface area contributed by atoms with Crippen LogP contribution in [0.2, 0.25) is 0 Å². The van der Waals surface area contributed by atoms with E-state index >= 15 is 0 Å². The predicted octanol–water partition coefficient (Wildman–Crippen LogP) is 1.24. The highest BCUT2D eigenvalue weighted by Crippen LogP contribution is 2.19. The zero-order valence-corrected chi connectivity index (χ0v) is 10.7. The van der Waals surface area contributed by atoms with Crippen LogP contribution in [-0.2, 0) is 16.8 Å². The van der Waals surface area contributed by atoms with E-state index in [2.05, 4.69) is 10.3 Å². The van der Waals surface area contributed by atoms with E-state index in [1.165, 1.54) is 6.26 Å². The molecule has 0 aromatic carbocycles. The third kappa shape index (κ3) is 3.66. The minimum Gasteiger partial charge on any atom is -0.466 e. The highest BCUT2D eigenvalue weighted by atomic mass is 16.4. The van der Waals surface area contributed by atoms with Gasteiger partial charge in [0.1, 0.15) is 11.4 Å². The van der Waals surface area contributed by atoms with Crippen LogP contribution in [0.4, 0.5) is 0 Å². The van der Waals surface area contributed by atoms with Gasteiger partial charge in [0.2, 0.25) is 5.91 Å². The molecule has 2 aromatic heterocycles. The first-order valence-electron chi connectivity index (χ1n) is 6.00. The zero-order valence-electron chi connectivity index (χ0n) is 10.7. The molecule has 0 aliphatic heterocycles. The molecule has 0 spiro atoms. The van der Waals surface area contributed by atoms with Crippen molar-refractivity contribution in [1.29, 1.82) is 0 Å². The number of aliphatic hydroxyl groups is 1. The Labute approximate surface area is 111 Å². The second-order valence-corrected chi connectivity index (χ2v) is 4.57. The molecule has 1 unspecified atom stereocenters. The number of nitrogens with zero attached hydrogens (tertiary/aromatic N) is 1. The Morgan fingerprint density at radius 1 is 1.47 bits per heavy atom. The second-order valence-electron chi connectivity index (χ2n) is 4.57. The molecule has 0 radical (unpaired) electrons. The maximum atomic E-state index is 11.7. The van der Waals surface area contributed by atoms with E-state index in [4.69, 9.17) is 4.42 Å². The van der Waals surface area contributed by atoms with Crippen molar-refractivity contribution in [3.63, 3.8) is 0 Å². The van der Waals surface area contributed by atoms with E-state index < -0.39 is 5.60 Å². The van der Waals surface area contributed by atoms with Gasteiger partial charge in [-0.3, -0.25) is 9.78 Å². The van der Waals surface area contributed by atoms with Crippen molar-refractivity contribution in [3.05, 3.63) is 54.2 Å². The number of rotatable bonds is 5. The van der Waals surface area contributed by atoms with Crippen LogP contribution in [0.3, 0.4) is 0 Å². The first-order chi connectivity index (χ1) is 9.08. The van der Waals surface area contributed by atoms with Gasteiger partial charge in [0, 0.05) is 12.4 Å². The quantitative estimate of drug-likeness (QED) is 0.848. The fraction of sp³-hybridized carbons (Fsp3) is 0.286. The number of hydrogen-bond acceptors (Lipinski definition) is 4. The van der Waals surface area contributed by atoms with Gasteiger partial charge < -0.3 is 14.8 Å². The number of carbonyl (C=O) groups excluding carboxylic acids is 1. The number of pyridine rings is 1. The Bertz CT molecular complexity index is 521. The summed E-state index contributed by atoms with van der Waals surface area (Å²) in [5.41, 5.74) is -0.383. The number of furan rings is 1. The molecule has 0 bridgehead atoms. The molecule has 0 aliphatic carbocycles. The maximum Gasteiger partial charge on any atom is 0.224 e. The standard InChI is InChI=1S/C14H16N2O3/c1-14(18,12-5-3-7-19-12)10-16-13(17)8-11-4-2-6-15-9-11/h2-7,9,18H,8,10H2,1H3,(H,16,17). The lowest BCUT2D eigenvalue weighted by Gasteiger charge is -2.21. The van der Waals surface area contributed by atoms with Crippen LogP contribution >= 0.6 is 0 Å². The van der Waals surface area contributed by atoms with Crippen LogP contribution in [0.25, 0.3) is 0 Å². The summed E-state index contributed by atoms with van der Waals surface area (Å²) in [6.07, 6.45) is 5.02. The summed E-state index contributed by atoms with van der Waals surface area (Å²) in [4.78, 5) is 15.7. The van der Waals surface area contributed by atoms with Gasteiger partial charge in [-0.15, -0.1) is 0 Å². The van der Waals surface area contributed by atoms with Gasteiger partial charge in [-0.25, -0.2) is 0 Å². The van der Waals surface area contributed by atoms with Crippen LogP contribution in [0.1, 0.15) is 18.2 Å². The fourth-order valence-corrected chi connectivity index (χ4v) is 1.69. The Hall–Kier alpha value is -2.14. The average Bonchev–Trinajstić information content (AvgIpc) is 2.92. The van der Waals surface area contributed by atoms with Crippen LogP contribution in [0.15, 0.2) is 47.3 Å². The summed E-state index contributed by atoms with van der Waals surface area (Å²) in [5, 5.41) is 12.9. The average molecular weight is 260 g/mol. The molecule has 1 amide bonds. The molecule has 5 heteroatoms. The normalized spacial score (nSPS) is 13.8. The highest BCUT2D eigenvalue weighted by Gasteiger charge is 2.26. The van der Waals surface area contributed by atoms with Crippen molar-refractivity contribution in [1.82, 2.24) is 10.3 Å². The van der Waals surface area contributed by atoms with Crippen molar-refractivity contribution >= 4 is 5.91 Å². The zero-order chi connectivity index (χ0) is 13.7. The summed E-state index contributed by atoms with van der Waals surface area (Å²) in [5.74, 6) is 0.258. The molecule has 0 saturated heterocycles. The minimum atomic E-state index is -1.21. The molecule has 2 heterocycles. The molecule has 2 rings (SSSR count). The van der Waals surface area contributed by atoms with Crippen LogP contribution < -0.4 is 5.32 Å². The lowest BCUT2D eigenvalue weighted by Crippen LogP contribution is -2.39. The molecule has 100 valence electrons. The third-order valence-electron chi connectivity index (χ3n) is 2.77. The largest absolute Gasteiger partial charge is 0.466 e. The Balaban J connectivity index is 1.87. The second kappa shape index (κ2) is 5.67. The van der Waals surface area contributed by atoms with E-state index in [-0.39, 0.29) is 18.9 Å². The van der Waals surface area contributed by atoms with Gasteiger partial charge in [-0.1, -0.05) is 6.07 Å². The monoisotopic (exact) mass is 260 g/mol. The number of nitrogens with one attached hydrogen (secondary N) is 1. The van der Waals surface area contributed by atoms with Gasteiger partial charge in [-0.05, 0) is 30.7 Å². The van der Waals surface area contributed by atoms with Gasteiger partial charge in [0.05, 0.1) is 19.2 Å². The van der Waals surface area contributed by atoms with E-state index in [9.17, 15) is 9.90 Å². The number of hydrogen-bond donors (Lipinski definition) is 2. The van der Waals surface area contributed by atoms with E-state index in [0.29, 0.717) is 5.76 Å². The summed E-state index contributed by atoms with van der Waals surface area (Å²) < 4.78 is 5.14. The molecule has 0 saturated carbocycles. The molecular formula is C14H16N2O3. The van der Waals surface area contributed by atoms with E-state index in [1.54, 1.807) is 37.5 Å². The van der Waals surface area contributed by atoms with Crippen molar-refractivity contribution in [2.45, 2.75) is 18.9 Å². The van der Waals surface area contributed by atoms with Crippen molar-refractivity contribution in [3.8, 4) is 0 Å². The summed E-state index contributed by atoms with van der Waals surface area (Å²) >= 11 is 0. The molecule has 2 N–H and O–H groups in total. The Morgan fingerprint density at radius 2 is 2.32 bits per heavy atom. The number of carbonyl (C=O) groups is 1. The summed E-state index contributed by atoms with van der Waals surface area (Å²) in [6.45, 7) is 1.69. The first kappa shape index (κ1) is 13.3. The SMILES string of the molecule is CC(O)(CNC(=O)Cc1cccnc1)c1ccco1. The summed E-state index contributed by atoms with van der Waals surface area (Å²) in [7, 11) is 0. The van der Waals surface area contributed by atoms with Gasteiger partial charge in [0.15, 0.2) is 0 Å². The number of aromatic nitrogens is 1. The molecular weight excluding hydrogens is 244 g/mol. The van der Waals surface area contributed by atoms with Gasteiger partial charge >= 0.3 is 0 Å². The smallest absolute Gasteiger partial charge is 0.224 e. The lowest BCUT2D eigenvalue weighted by atomic mass is 10.0. The first-order valence-corrected chi connectivity index (χ1v) is 6.00. The van der Waals surface area contributed by atoms with Crippen LogP contribution in [-0.4, -0.2) is 22.5 Å². The minimum absolute atomic E-state index is 0.0968. The Kier molecular flexibility index (Phi) is 3.97. The fourth-order valence-electron chi connectivity index (χ4n) is 1.69. The summed E-state index contributed by atoms with van der Waals surface area (Å²) in [6, 6.07) is 6.98. The Morgan fingerprint density at radius 3 is 2.95 bits per heavy atom. The van der Waals surface area contributed by atoms with Gasteiger partial charge in [-0.2, -0.15) is 0 Å². The van der Waals surface area contributed by atoms with Crippen LogP contribution in [0.5, 0.6) is 0 Å². The molecule has 1 atom stereocenters. The van der Waals surface area contributed by atoms with E-state index in [1.807, 2.05) is 6.07 Å². The predicted molar refractivity (Wildman–Crippen MR) is 69.2 cm³/mol. The molecule has 5 nitrogen and oxygen atoms in total.